The number of carbonyl (C=O) groups is 1. The Kier molecular flexibility index (Phi) is 6.69. The molecule has 21 heavy (non-hydrogen) atoms. The second kappa shape index (κ2) is 8.03. The van der Waals surface area contributed by atoms with Crippen LogP contribution in [0.3, 0.4) is 0 Å². The highest BCUT2D eigenvalue weighted by Crippen LogP contribution is 2.18. The molecule has 1 aromatic rings. The van der Waals surface area contributed by atoms with E-state index >= 15 is 0 Å². The molecular weight excluding hydrogens is 262 g/mol. The van der Waals surface area contributed by atoms with Crippen molar-refractivity contribution in [2.75, 3.05) is 18.4 Å². The van der Waals surface area contributed by atoms with Crippen LogP contribution in [0, 0.1) is 5.41 Å². The Bertz CT molecular complexity index is 452. The predicted molar refractivity (Wildman–Crippen MR) is 89.6 cm³/mol. The minimum Gasteiger partial charge on any atom is -0.338 e. The van der Waals surface area contributed by atoms with E-state index in [1.165, 1.54) is 5.56 Å². The van der Waals surface area contributed by atoms with Crippen molar-refractivity contribution in [3.63, 3.8) is 0 Å². The fourth-order valence-corrected chi connectivity index (χ4v) is 2.04. The summed E-state index contributed by atoms with van der Waals surface area (Å²) in [6.07, 6.45) is 0.956. The summed E-state index contributed by atoms with van der Waals surface area (Å²) in [6, 6.07) is 8.08. The van der Waals surface area contributed by atoms with Crippen molar-refractivity contribution in [2.24, 2.45) is 5.41 Å². The molecule has 0 fully saturated rings. The van der Waals surface area contributed by atoms with E-state index in [0.29, 0.717) is 6.54 Å². The zero-order valence-corrected chi connectivity index (χ0v) is 13.9. The van der Waals surface area contributed by atoms with Gasteiger partial charge in [-0.15, -0.1) is 0 Å². The van der Waals surface area contributed by atoms with Gasteiger partial charge in [0.15, 0.2) is 0 Å². The van der Waals surface area contributed by atoms with E-state index < -0.39 is 0 Å². The largest absolute Gasteiger partial charge is 0.338 e. The molecule has 4 nitrogen and oxygen atoms in total. The summed E-state index contributed by atoms with van der Waals surface area (Å²) >= 11 is 0. The number of anilines is 1. The molecule has 1 unspecified atom stereocenters. The Balaban J connectivity index is 2.51. The molecule has 0 saturated carbocycles. The molecule has 0 aliphatic heterocycles. The molecule has 1 rings (SSSR count). The number of amides is 2. The fraction of sp³-hybridized carbons (Fsp3) is 0.588. The highest BCUT2D eigenvalue weighted by molar-refractivity contribution is 5.89. The third kappa shape index (κ3) is 7.14. The number of rotatable bonds is 6. The summed E-state index contributed by atoms with van der Waals surface area (Å²) in [7, 11) is 0. The lowest BCUT2D eigenvalue weighted by atomic mass is 9.92. The van der Waals surface area contributed by atoms with Crippen molar-refractivity contribution in [3.05, 3.63) is 29.8 Å². The van der Waals surface area contributed by atoms with Gasteiger partial charge in [0.25, 0.3) is 0 Å². The van der Waals surface area contributed by atoms with Gasteiger partial charge in [-0.2, -0.15) is 0 Å². The Hall–Kier alpha value is -1.55. The quantitative estimate of drug-likeness (QED) is 0.744. The van der Waals surface area contributed by atoms with Crippen molar-refractivity contribution in [2.45, 2.75) is 47.1 Å². The van der Waals surface area contributed by atoms with Crippen molar-refractivity contribution in [3.8, 4) is 0 Å². The third-order valence-electron chi connectivity index (χ3n) is 3.32. The van der Waals surface area contributed by atoms with E-state index in [1.54, 1.807) is 0 Å². The van der Waals surface area contributed by atoms with E-state index in [4.69, 9.17) is 0 Å². The van der Waals surface area contributed by atoms with Crippen LogP contribution in [0.25, 0.3) is 0 Å². The zero-order valence-electron chi connectivity index (χ0n) is 13.9. The molecule has 118 valence electrons. The monoisotopic (exact) mass is 291 g/mol. The van der Waals surface area contributed by atoms with Gasteiger partial charge in [-0.3, -0.25) is 0 Å². The Labute approximate surface area is 128 Å². The first-order chi connectivity index (χ1) is 9.81. The van der Waals surface area contributed by atoms with Crippen LogP contribution >= 0.6 is 0 Å². The molecule has 0 radical (unpaired) electrons. The number of hydrogen-bond acceptors (Lipinski definition) is 2. The lowest BCUT2D eigenvalue weighted by molar-refractivity contribution is 0.250. The summed E-state index contributed by atoms with van der Waals surface area (Å²) in [6.45, 7) is 12.3. The van der Waals surface area contributed by atoms with Crippen LogP contribution < -0.4 is 16.0 Å². The molecule has 0 saturated heterocycles. The highest BCUT2D eigenvalue weighted by Gasteiger charge is 2.11. The molecule has 0 bridgehead atoms. The summed E-state index contributed by atoms with van der Waals surface area (Å²) in [5, 5.41) is 9.15. The van der Waals surface area contributed by atoms with E-state index in [-0.39, 0.29) is 17.5 Å². The van der Waals surface area contributed by atoms with Crippen molar-refractivity contribution in [1.29, 1.82) is 0 Å². The number of nitrogens with one attached hydrogen (secondary N) is 3. The van der Waals surface area contributed by atoms with Crippen molar-refractivity contribution < 1.29 is 4.79 Å². The number of hydrogen-bond donors (Lipinski definition) is 3. The van der Waals surface area contributed by atoms with Crippen LogP contribution in [0.4, 0.5) is 10.5 Å². The fourth-order valence-electron chi connectivity index (χ4n) is 2.04. The van der Waals surface area contributed by atoms with Crippen LogP contribution in [0.5, 0.6) is 0 Å². The molecule has 2 amide bonds. The number of benzene rings is 1. The van der Waals surface area contributed by atoms with E-state index in [0.717, 1.165) is 18.7 Å². The molecule has 0 aliphatic carbocycles. The second-order valence-electron chi connectivity index (χ2n) is 6.60. The minimum atomic E-state index is -0.146. The van der Waals surface area contributed by atoms with Gasteiger partial charge in [0.05, 0.1) is 0 Å². The van der Waals surface area contributed by atoms with E-state index in [9.17, 15) is 4.79 Å². The van der Waals surface area contributed by atoms with E-state index in [2.05, 4.69) is 56.6 Å². The molecule has 0 heterocycles. The van der Waals surface area contributed by atoms with Gasteiger partial charge >= 0.3 is 6.03 Å². The van der Waals surface area contributed by atoms with E-state index in [1.807, 2.05) is 18.2 Å². The van der Waals surface area contributed by atoms with Gasteiger partial charge in [0.1, 0.15) is 0 Å². The molecule has 0 aliphatic rings. The van der Waals surface area contributed by atoms with Crippen molar-refractivity contribution in [1.82, 2.24) is 10.6 Å². The van der Waals surface area contributed by atoms with Crippen LogP contribution in [0.1, 0.15) is 52.6 Å². The first kappa shape index (κ1) is 17.5. The van der Waals surface area contributed by atoms with Crippen LogP contribution in [0.2, 0.25) is 0 Å². The topological polar surface area (TPSA) is 53.2 Å². The van der Waals surface area contributed by atoms with Gasteiger partial charge < -0.3 is 16.0 Å². The Morgan fingerprint density at radius 3 is 2.62 bits per heavy atom. The van der Waals surface area contributed by atoms with Crippen molar-refractivity contribution >= 4 is 11.7 Å². The Morgan fingerprint density at radius 1 is 1.29 bits per heavy atom. The maximum absolute atomic E-state index is 11.9. The second-order valence-corrected chi connectivity index (χ2v) is 6.60. The summed E-state index contributed by atoms with van der Waals surface area (Å²) in [4.78, 5) is 11.9. The summed E-state index contributed by atoms with van der Waals surface area (Å²) < 4.78 is 0. The molecule has 3 N–H and O–H groups in total. The lowest BCUT2D eigenvalue weighted by Gasteiger charge is -2.18. The standard InChI is InChI=1S/C17H29N3O/c1-6-18-13(2)14-8-7-9-15(12-14)20-16(21)19-11-10-17(3,4)5/h7-9,12-13,18H,6,10-11H2,1-5H3,(H2,19,20,21). The van der Waals surface area contributed by atoms with Gasteiger partial charge in [-0.05, 0) is 43.0 Å². The zero-order chi connectivity index (χ0) is 15.9. The molecule has 0 aromatic heterocycles. The highest BCUT2D eigenvalue weighted by atomic mass is 16.2. The Morgan fingerprint density at radius 2 is 2.00 bits per heavy atom. The summed E-state index contributed by atoms with van der Waals surface area (Å²) in [5.41, 5.74) is 2.23. The minimum absolute atomic E-state index is 0.146. The van der Waals surface area contributed by atoms with Gasteiger partial charge in [-0.25, -0.2) is 4.79 Å². The van der Waals surface area contributed by atoms with Gasteiger partial charge in [0.2, 0.25) is 0 Å². The molecular formula is C17H29N3O. The first-order valence-corrected chi connectivity index (χ1v) is 7.70. The molecule has 0 spiro atoms. The molecule has 1 atom stereocenters. The number of urea groups is 1. The SMILES string of the molecule is CCNC(C)c1cccc(NC(=O)NCCC(C)(C)C)c1. The van der Waals surface area contributed by atoms with Crippen LogP contribution in [-0.4, -0.2) is 19.1 Å². The first-order valence-electron chi connectivity index (χ1n) is 7.70. The third-order valence-corrected chi connectivity index (χ3v) is 3.32. The smallest absolute Gasteiger partial charge is 0.319 e. The van der Waals surface area contributed by atoms with Crippen LogP contribution in [-0.2, 0) is 0 Å². The molecule has 1 aromatic carbocycles. The maximum atomic E-state index is 11.9. The van der Waals surface area contributed by atoms with Gasteiger partial charge in [-0.1, -0.05) is 39.8 Å². The average molecular weight is 291 g/mol. The summed E-state index contributed by atoms with van der Waals surface area (Å²) in [5.74, 6) is 0. The number of carbonyl (C=O) groups excluding carboxylic acids is 1. The molecule has 4 heteroatoms. The van der Waals surface area contributed by atoms with Crippen LogP contribution in [0.15, 0.2) is 24.3 Å². The van der Waals surface area contributed by atoms with Gasteiger partial charge in [0, 0.05) is 18.3 Å². The predicted octanol–water partition coefficient (Wildman–Crippen LogP) is 3.91. The maximum Gasteiger partial charge on any atom is 0.319 e. The average Bonchev–Trinajstić information content (AvgIpc) is 2.37. The normalized spacial score (nSPS) is 12.8. The lowest BCUT2D eigenvalue weighted by Crippen LogP contribution is -2.31.